The number of hydrogen-bond acceptors (Lipinski definition) is 9. The minimum absolute atomic E-state index is 0.0145. The average molecular weight is 607 g/mol. The van der Waals surface area contributed by atoms with Crippen molar-refractivity contribution in [3.05, 3.63) is 11.6 Å². The van der Waals surface area contributed by atoms with Gasteiger partial charge in [0.1, 0.15) is 23.9 Å². The monoisotopic (exact) mass is 606 g/mol. The first-order valence-electron chi connectivity index (χ1n) is 16.0. The summed E-state index contributed by atoms with van der Waals surface area (Å²) >= 11 is 0. The molecule has 0 saturated heterocycles. The summed E-state index contributed by atoms with van der Waals surface area (Å²) in [6.45, 7) is 16.7. The highest BCUT2D eigenvalue weighted by Crippen LogP contribution is 2.60. The van der Waals surface area contributed by atoms with E-state index in [-0.39, 0.29) is 66.9 Å². The van der Waals surface area contributed by atoms with E-state index in [4.69, 9.17) is 14.2 Å². The Bertz CT molecular complexity index is 1100. The summed E-state index contributed by atoms with van der Waals surface area (Å²) in [5.74, 6) is -0.781. The Morgan fingerprint density at radius 1 is 1.00 bits per heavy atom. The van der Waals surface area contributed by atoms with Crippen LogP contribution in [0.5, 0.6) is 0 Å². The van der Waals surface area contributed by atoms with Gasteiger partial charge in [-0.15, -0.1) is 0 Å². The van der Waals surface area contributed by atoms with Crippen LogP contribution in [0.3, 0.4) is 0 Å². The molecule has 2 N–H and O–H groups in total. The van der Waals surface area contributed by atoms with Crippen LogP contribution in [0, 0.1) is 40.4 Å². The fourth-order valence-corrected chi connectivity index (χ4v) is 8.44. The van der Waals surface area contributed by atoms with Crippen molar-refractivity contribution in [1.29, 1.82) is 0 Å². The molecule has 0 heterocycles. The Labute approximate surface area is 257 Å². The summed E-state index contributed by atoms with van der Waals surface area (Å²) in [6.07, 6.45) is 2.82. The minimum atomic E-state index is -1.75. The topological polar surface area (TPSA) is 136 Å². The van der Waals surface area contributed by atoms with Crippen LogP contribution in [0.15, 0.2) is 11.6 Å². The molecular weight excluding hydrogens is 552 g/mol. The lowest BCUT2D eigenvalue weighted by atomic mass is 9.53. The largest absolute Gasteiger partial charge is 0.466 e. The van der Waals surface area contributed by atoms with Crippen LogP contribution in [0.4, 0.5) is 0 Å². The van der Waals surface area contributed by atoms with Crippen LogP contribution < -0.4 is 0 Å². The van der Waals surface area contributed by atoms with Crippen LogP contribution in [0.25, 0.3) is 0 Å². The van der Waals surface area contributed by atoms with Gasteiger partial charge in [-0.1, -0.05) is 34.6 Å². The quantitative estimate of drug-likeness (QED) is 0.247. The van der Waals surface area contributed by atoms with Crippen molar-refractivity contribution < 1.29 is 43.6 Å². The summed E-state index contributed by atoms with van der Waals surface area (Å²) in [5, 5.41) is 23.2. The van der Waals surface area contributed by atoms with Crippen LogP contribution in [-0.4, -0.2) is 64.4 Å². The molecule has 0 radical (unpaired) electrons. The Morgan fingerprint density at radius 2 is 1.65 bits per heavy atom. The average Bonchev–Trinajstić information content (AvgIpc) is 3.23. The third-order valence-electron chi connectivity index (χ3n) is 11.4. The van der Waals surface area contributed by atoms with Crippen molar-refractivity contribution in [1.82, 2.24) is 0 Å². The first kappa shape index (κ1) is 35.2. The van der Waals surface area contributed by atoms with Crippen molar-refractivity contribution in [3.63, 3.8) is 0 Å². The summed E-state index contributed by atoms with van der Waals surface area (Å²) < 4.78 is 16.6. The number of allylic oxidation sites excluding steroid dienone is 1. The zero-order chi connectivity index (χ0) is 32.5. The molecule has 0 aromatic rings. The van der Waals surface area contributed by atoms with Crippen LogP contribution in [0.2, 0.25) is 0 Å². The molecule has 3 aliphatic carbocycles. The number of esters is 3. The molecule has 0 spiro atoms. The Kier molecular flexibility index (Phi) is 11.0. The lowest BCUT2D eigenvalue weighted by molar-refractivity contribution is -0.198. The van der Waals surface area contributed by atoms with E-state index in [2.05, 4.69) is 34.6 Å². The van der Waals surface area contributed by atoms with Gasteiger partial charge in [-0.3, -0.25) is 19.2 Å². The molecule has 0 aromatic carbocycles. The fraction of sp³-hybridized carbons (Fsp3) is 0.824. The first-order valence-corrected chi connectivity index (χ1v) is 16.0. The first-order chi connectivity index (χ1) is 19.9. The Balaban J connectivity index is 1.97. The highest BCUT2D eigenvalue weighted by molar-refractivity contribution is 6.02. The van der Waals surface area contributed by atoms with E-state index in [9.17, 15) is 29.4 Å². The number of fused-ring (bicyclic) bond motifs is 1. The molecular formula is C34H54O9. The predicted octanol–water partition coefficient (Wildman–Crippen LogP) is 4.95. The molecule has 10 atom stereocenters. The highest BCUT2D eigenvalue weighted by atomic mass is 16.5. The standard InChI is InChI=1S/C34H54O9/c1-19(2)21(4)29(43-24(7)37)16-20(3)27-10-11-28(32(27,8)14-15-41-22(5)35)26-17-30(38)34(40)18-25(42-23(6)36)12-13-33(34,9)31(26)39/h17,19-21,25,27-30,38,40H,10-16,18H2,1-9H3. The van der Waals surface area contributed by atoms with E-state index in [1.54, 1.807) is 6.92 Å². The number of carbonyl (C=O) groups excluding carboxylic acids is 4. The van der Waals surface area contributed by atoms with Gasteiger partial charge >= 0.3 is 17.9 Å². The van der Waals surface area contributed by atoms with Crippen molar-refractivity contribution in [3.8, 4) is 0 Å². The molecule has 244 valence electrons. The lowest BCUT2D eigenvalue weighted by Crippen LogP contribution is -2.65. The third-order valence-corrected chi connectivity index (χ3v) is 11.4. The van der Waals surface area contributed by atoms with E-state index in [1.165, 1.54) is 26.8 Å². The molecule has 2 saturated carbocycles. The van der Waals surface area contributed by atoms with Crippen LogP contribution in [-0.2, 0) is 33.4 Å². The second-order valence-electron chi connectivity index (χ2n) is 14.4. The second kappa shape index (κ2) is 13.4. The molecule has 0 aromatic heterocycles. The van der Waals surface area contributed by atoms with Crippen molar-refractivity contribution in [2.75, 3.05) is 6.61 Å². The SMILES string of the molecule is CC(=O)OCCC1(C)C(C2=CC(O)C3(O)CC(OC(C)=O)CCC3(C)C2=O)CCC1C(C)CC(OC(C)=O)C(C)C(C)C. The maximum Gasteiger partial charge on any atom is 0.302 e. The molecule has 0 aliphatic heterocycles. The van der Waals surface area contributed by atoms with Crippen molar-refractivity contribution in [2.24, 2.45) is 40.4 Å². The summed E-state index contributed by atoms with van der Waals surface area (Å²) in [4.78, 5) is 49.7. The molecule has 9 heteroatoms. The molecule has 43 heavy (non-hydrogen) atoms. The van der Waals surface area contributed by atoms with Gasteiger partial charge in [0.05, 0.1) is 12.0 Å². The van der Waals surface area contributed by atoms with Crippen LogP contribution in [0.1, 0.15) is 107 Å². The number of rotatable bonds is 11. The molecule has 3 aliphatic rings. The van der Waals surface area contributed by atoms with Crippen molar-refractivity contribution in [2.45, 2.75) is 131 Å². The summed E-state index contributed by atoms with van der Waals surface area (Å²) in [6, 6.07) is 0. The number of Topliss-reactive ketones (excluding diaryl/α,β-unsaturated/α-hetero) is 1. The summed E-state index contributed by atoms with van der Waals surface area (Å²) in [7, 11) is 0. The van der Waals surface area contributed by atoms with Crippen molar-refractivity contribution >= 4 is 23.7 Å². The molecule has 3 rings (SSSR count). The van der Waals surface area contributed by atoms with Gasteiger partial charge in [0, 0.05) is 27.2 Å². The molecule has 9 nitrogen and oxygen atoms in total. The van der Waals surface area contributed by atoms with Gasteiger partial charge in [-0.05, 0) is 92.1 Å². The zero-order valence-electron chi connectivity index (χ0n) is 27.6. The van der Waals surface area contributed by atoms with Gasteiger partial charge in [-0.25, -0.2) is 0 Å². The predicted molar refractivity (Wildman–Crippen MR) is 160 cm³/mol. The molecule has 0 bridgehead atoms. The van der Waals surface area contributed by atoms with Gasteiger partial charge in [-0.2, -0.15) is 0 Å². The number of ether oxygens (including phenoxy) is 3. The number of carbonyl (C=O) groups is 4. The fourth-order valence-electron chi connectivity index (χ4n) is 8.44. The van der Waals surface area contributed by atoms with E-state index in [0.717, 1.165) is 6.42 Å². The van der Waals surface area contributed by atoms with Gasteiger partial charge < -0.3 is 24.4 Å². The minimum Gasteiger partial charge on any atom is -0.466 e. The number of hydrogen-bond donors (Lipinski definition) is 2. The smallest absolute Gasteiger partial charge is 0.302 e. The van der Waals surface area contributed by atoms with Crippen LogP contribution >= 0.6 is 0 Å². The normalized spacial score (nSPS) is 36.3. The van der Waals surface area contributed by atoms with E-state index >= 15 is 0 Å². The molecule has 10 unspecified atom stereocenters. The van der Waals surface area contributed by atoms with E-state index in [0.29, 0.717) is 37.2 Å². The lowest BCUT2D eigenvalue weighted by Gasteiger charge is -2.54. The Morgan fingerprint density at radius 3 is 2.21 bits per heavy atom. The number of ketones is 1. The third kappa shape index (κ3) is 7.03. The van der Waals surface area contributed by atoms with E-state index in [1.807, 2.05) is 0 Å². The second-order valence-corrected chi connectivity index (χ2v) is 14.4. The van der Waals surface area contributed by atoms with Gasteiger partial charge in [0.2, 0.25) is 0 Å². The van der Waals surface area contributed by atoms with Gasteiger partial charge in [0.25, 0.3) is 0 Å². The highest BCUT2D eigenvalue weighted by Gasteiger charge is 2.64. The van der Waals surface area contributed by atoms with Gasteiger partial charge in [0.15, 0.2) is 5.78 Å². The maximum absolute atomic E-state index is 14.4. The molecule has 0 amide bonds. The Hall–Kier alpha value is -2.26. The zero-order valence-corrected chi connectivity index (χ0v) is 27.6. The molecule has 2 fully saturated rings. The maximum atomic E-state index is 14.4. The number of aliphatic hydroxyl groups excluding tert-OH is 1. The number of aliphatic hydroxyl groups is 2. The van der Waals surface area contributed by atoms with E-state index < -0.39 is 34.6 Å². The summed E-state index contributed by atoms with van der Waals surface area (Å²) in [5.41, 5.74) is -2.92.